The van der Waals surface area contributed by atoms with Gasteiger partial charge in [-0.3, -0.25) is 14.6 Å². The van der Waals surface area contributed by atoms with Crippen molar-refractivity contribution in [1.82, 2.24) is 14.7 Å². The van der Waals surface area contributed by atoms with Gasteiger partial charge in [-0.15, -0.1) is 12.4 Å². The van der Waals surface area contributed by atoms with E-state index < -0.39 is 0 Å². The number of hydrogen-bond acceptors (Lipinski definition) is 5. The minimum absolute atomic E-state index is 0. The summed E-state index contributed by atoms with van der Waals surface area (Å²) in [6.07, 6.45) is 2.02. The molecule has 24 heavy (non-hydrogen) atoms. The molecule has 0 aromatic carbocycles. The molecular formula is C17H35ClN4O2. The van der Waals surface area contributed by atoms with Crippen LogP contribution in [0.2, 0.25) is 0 Å². The molecule has 2 rings (SSSR count). The van der Waals surface area contributed by atoms with Crippen LogP contribution >= 0.6 is 12.4 Å². The maximum atomic E-state index is 12.3. The van der Waals surface area contributed by atoms with E-state index in [-0.39, 0.29) is 30.5 Å². The Bertz CT molecular complexity index is 376. The molecule has 2 saturated heterocycles. The van der Waals surface area contributed by atoms with Crippen LogP contribution in [-0.2, 0) is 9.53 Å². The molecule has 142 valence electrons. The highest BCUT2D eigenvalue weighted by atomic mass is 35.5. The highest BCUT2D eigenvalue weighted by Crippen LogP contribution is 2.12. The van der Waals surface area contributed by atoms with Crippen LogP contribution in [0.15, 0.2) is 0 Å². The molecule has 6 nitrogen and oxygen atoms in total. The van der Waals surface area contributed by atoms with Gasteiger partial charge in [0.1, 0.15) is 0 Å². The molecule has 0 bridgehead atoms. The van der Waals surface area contributed by atoms with Gasteiger partial charge >= 0.3 is 0 Å². The summed E-state index contributed by atoms with van der Waals surface area (Å²) >= 11 is 0. The zero-order valence-corrected chi connectivity index (χ0v) is 16.3. The van der Waals surface area contributed by atoms with Crippen LogP contribution < -0.4 is 5.73 Å². The molecule has 2 N–H and O–H groups in total. The van der Waals surface area contributed by atoms with Crippen molar-refractivity contribution in [3.63, 3.8) is 0 Å². The van der Waals surface area contributed by atoms with Gasteiger partial charge in [0, 0.05) is 51.9 Å². The molecule has 0 saturated carbocycles. The van der Waals surface area contributed by atoms with E-state index in [1.165, 1.54) is 0 Å². The minimum atomic E-state index is -0.326. The lowest BCUT2D eigenvalue weighted by Crippen LogP contribution is -2.56. The molecule has 2 aliphatic rings. The normalized spacial score (nSPS) is 24.7. The monoisotopic (exact) mass is 362 g/mol. The Morgan fingerprint density at radius 2 is 1.88 bits per heavy atom. The number of ether oxygens (including phenoxy) is 1. The van der Waals surface area contributed by atoms with Crippen LogP contribution in [0, 0.1) is 0 Å². The number of morpholine rings is 1. The molecule has 0 aromatic heterocycles. The molecular weight excluding hydrogens is 328 g/mol. The Hall–Kier alpha value is -0.400. The molecule has 2 unspecified atom stereocenters. The van der Waals surface area contributed by atoms with Gasteiger partial charge in [0.25, 0.3) is 0 Å². The molecule has 1 amide bonds. The van der Waals surface area contributed by atoms with Gasteiger partial charge in [0.2, 0.25) is 5.91 Å². The van der Waals surface area contributed by atoms with Crippen LogP contribution in [0.3, 0.4) is 0 Å². The van der Waals surface area contributed by atoms with Crippen molar-refractivity contribution in [2.24, 2.45) is 5.73 Å². The largest absolute Gasteiger partial charge is 0.374 e. The van der Waals surface area contributed by atoms with Crippen molar-refractivity contribution < 1.29 is 9.53 Å². The fourth-order valence-electron chi connectivity index (χ4n) is 3.43. The Labute approximate surface area is 153 Å². The third-order valence-corrected chi connectivity index (χ3v) is 4.96. The predicted octanol–water partition coefficient (Wildman–Crippen LogP) is 0.789. The van der Waals surface area contributed by atoms with E-state index in [1.807, 2.05) is 4.90 Å². The second-order valence-corrected chi connectivity index (χ2v) is 7.10. The zero-order chi connectivity index (χ0) is 16.8. The first-order valence-electron chi connectivity index (χ1n) is 9.13. The van der Waals surface area contributed by atoms with E-state index in [2.05, 4.69) is 30.6 Å². The SMILES string of the molecule is CCCC(N)C(=O)N1CCN(CC2CN(C(C)C)CCO2)CC1.Cl. The summed E-state index contributed by atoms with van der Waals surface area (Å²) in [4.78, 5) is 19.1. The van der Waals surface area contributed by atoms with Gasteiger partial charge in [0.05, 0.1) is 18.8 Å². The van der Waals surface area contributed by atoms with Crippen LogP contribution in [0.1, 0.15) is 33.6 Å². The molecule has 0 radical (unpaired) electrons. The van der Waals surface area contributed by atoms with Crippen LogP contribution in [0.25, 0.3) is 0 Å². The Morgan fingerprint density at radius 1 is 1.21 bits per heavy atom. The van der Waals surface area contributed by atoms with Crippen LogP contribution in [0.4, 0.5) is 0 Å². The van der Waals surface area contributed by atoms with Crippen LogP contribution in [-0.4, -0.2) is 91.2 Å². The number of carbonyl (C=O) groups excluding carboxylic acids is 1. The summed E-state index contributed by atoms with van der Waals surface area (Å²) in [7, 11) is 0. The molecule has 0 spiro atoms. The summed E-state index contributed by atoms with van der Waals surface area (Å²) in [5.41, 5.74) is 5.96. The first kappa shape index (κ1) is 21.6. The lowest BCUT2D eigenvalue weighted by molar-refractivity contribution is -0.135. The highest BCUT2D eigenvalue weighted by molar-refractivity contribution is 5.85. The standard InChI is InChI=1S/C17H34N4O2.ClH/c1-4-5-16(18)17(22)20-8-6-19(7-9-20)12-15-13-21(14(2)3)10-11-23-15;/h14-16H,4-13,18H2,1-3H3;1H. The second-order valence-electron chi connectivity index (χ2n) is 7.10. The van der Waals surface area contributed by atoms with E-state index in [4.69, 9.17) is 10.5 Å². The van der Waals surface area contributed by atoms with Gasteiger partial charge in [-0.25, -0.2) is 0 Å². The topological polar surface area (TPSA) is 62.0 Å². The van der Waals surface area contributed by atoms with Gasteiger partial charge < -0.3 is 15.4 Å². The Kier molecular flexibility index (Phi) is 9.52. The van der Waals surface area contributed by atoms with E-state index in [0.717, 1.165) is 65.3 Å². The quantitative estimate of drug-likeness (QED) is 0.757. The summed E-state index contributed by atoms with van der Waals surface area (Å²) in [6, 6.07) is 0.253. The first-order chi connectivity index (χ1) is 11.0. The Morgan fingerprint density at radius 3 is 2.46 bits per heavy atom. The average molecular weight is 363 g/mol. The van der Waals surface area contributed by atoms with E-state index >= 15 is 0 Å². The summed E-state index contributed by atoms with van der Waals surface area (Å²) in [5.74, 6) is 0.117. The van der Waals surface area contributed by atoms with E-state index in [0.29, 0.717) is 6.04 Å². The maximum absolute atomic E-state index is 12.3. The minimum Gasteiger partial charge on any atom is -0.374 e. The molecule has 2 atom stereocenters. The van der Waals surface area contributed by atoms with Gasteiger partial charge in [0.15, 0.2) is 0 Å². The van der Waals surface area contributed by atoms with Gasteiger partial charge in [-0.05, 0) is 20.3 Å². The molecule has 7 heteroatoms. The van der Waals surface area contributed by atoms with Gasteiger partial charge in [-0.2, -0.15) is 0 Å². The number of carbonyl (C=O) groups is 1. The third kappa shape index (κ3) is 6.15. The lowest BCUT2D eigenvalue weighted by atomic mass is 10.1. The Balaban J connectivity index is 0.00000288. The lowest BCUT2D eigenvalue weighted by Gasteiger charge is -2.40. The van der Waals surface area contributed by atoms with Gasteiger partial charge in [-0.1, -0.05) is 13.3 Å². The maximum Gasteiger partial charge on any atom is 0.239 e. The summed E-state index contributed by atoms with van der Waals surface area (Å²) < 4.78 is 5.92. The van der Waals surface area contributed by atoms with Crippen molar-refractivity contribution in [3.8, 4) is 0 Å². The average Bonchev–Trinajstić information content (AvgIpc) is 2.55. The molecule has 2 aliphatic heterocycles. The predicted molar refractivity (Wildman–Crippen MR) is 99.6 cm³/mol. The highest BCUT2D eigenvalue weighted by Gasteiger charge is 2.28. The van der Waals surface area contributed by atoms with Crippen LogP contribution in [0.5, 0.6) is 0 Å². The van der Waals surface area contributed by atoms with Crippen molar-refractivity contribution >= 4 is 18.3 Å². The zero-order valence-electron chi connectivity index (χ0n) is 15.4. The smallest absolute Gasteiger partial charge is 0.239 e. The number of nitrogens with zero attached hydrogens (tertiary/aromatic N) is 3. The molecule has 0 aromatic rings. The number of rotatable bonds is 6. The van der Waals surface area contributed by atoms with Crippen molar-refractivity contribution in [2.45, 2.75) is 51.8 Å². The number of nitrogens with two attached hydrogens (primary N) is 1. The van der Waals surface area contributed by atoms with Crippen molar-refractivity contribution in [2.75, 3.05) is 52.4 Å². The molecule has 2 fully saturated rings. The van der Waals surface area contributed by atoms with E-state index in [1.54, 1.807) is 0 Å². The summed E-state index contributed by atoms with van der Waals surface area (Å²) in [5, 5.41) is 0. The van der Waals surface area contributed by atoms with Crippen molar-refractivity contribution in [3.05, 3.63) is 0 Å². The van der Waals surface area contributed by atoms with Crippen molar-refractivity contribution in [1.29, 1.82) is 0 Å². The summed E-state index contributed by atoms with van der Waals surface area (Å²) in [6.45, 7) is 13.8. The fourth-order valence-corrected chi connectivity index (χ4v) is 3.43. The second kappa shape index (κ2) is 10.6. The number of piperazine rings is 1. The fraction of sp³-hybridized carbons (Fsp3) is 0.941. The number of amides is 1. The molecule has 0 aliphatic carbocycles. The number of hydrogen-bond donors (Lipinski definition) is 1. The van der Waals surface area contributed by atoms with E-state index in [9.17, 15) is 4.79 Å². The molecule has 2 heterocycles. The third-order valence-electron chi connectivity index (χ3n) is 4.96. The number of halogens is 1. The first-order valence-corrected chi connectivity index (χ1v) is 9.13.